The van der Waals surface area contributed by atoms with E-state index in [9.17, 15) is 9.59 Å². The van der Waals surface area contributed by atoms with Gasteiger partial charge in [-0.05, 0) is 23.8 Å². The number of allylic oxidation sites excluding steroid dienone is 1. The number of esters is 1. The van der Waals surface area contributed by atoms with Crippen molar-refractivity contribution in [2.45, 2.75) is 39.5 Å². The van der Waals surface area contributed by atoms with Crippen molar-refractivity contribution < 1.29 is 14.3 Å². The lowest BCUT2D eigenvalue weighted by atomic mass is 9.79. The average Bonchev–Trinajstić information content (AvgIpc) is 2.46. The van der Waals surface area contributed by atoms with Gasteiger partial charge in [-0.25, -0.2) is 0 Å². The molecule has 0 saturated carbocycles. The molecule has 0 spiro atoms. The minimum Gasteiger partial charge on any atom is -0.461 e. The number of benzene rings is 1. The lowest BCUT2D eigenvalue weighted by Crippen LogP contribution is -2.26. The Hall–Kier alpha value is -1.90. The quantitative estimate of drug-likeness (QED) is 0.617. The molecule has 22 heavy (non-hydrogen) atoms. The van der Waals surface area contributed by atoms with E-state index in [1.807, 2.05) is 44.2 Å². The highest BCUT2D eigenvalue weighted by molar-refractivity contribution is 5.83. The minimum atomic E-state index is -0.354. The summed E-state index contributed by atoms with van der Waals surface area (Å²) in [5.41, 5.74) is 0.822. The second kappa shape index (κ2) is 7.39. The fourth-order valence-electron chi connectivity index (χ4n) is 2.82. The number of Topliss-reactive ketones (excluding diaryl/α,β-unsaturated/α-hetero) is 1. The summed E-state index contributed by atoms with van der Waals surface area (Å²) in [6, 6.07) is 10.1. The van der Waals surface area contributed by atoms with Gasteiger partial charge in [0.25, 0.3) is 0 Å². The molecule has 0 radical (unpaired) electrons. The molecule has 0 aliphatic carbocycles. The average molecular weight is 300 g/mol. The molecule has 3 heteroatoms. The van der Waals surface area contributed by atoms with E-state index in [1.165, 1.54) is 5.56 Å². The zero-order valence-electron chi connectivity index (χ0n) is 13.4. The van der Waals surface area contributed by atoms with Crippen LogP contribution in [0.4, 0.5) is 0 Å². The molecular weight excluding hydrogens is 276 g/mol. The van der Waals surface area contributed by atoms with Crippen LogP contribution in [0.5, 0.6) is 0 Å². The van der Waals surface area contributed by atoms with Gasteiger partial charge in [-0.3, -0.25) is 9.59 Å². The van der Waals surface area contributed by atoms with E-state index in [1.54, 1.807) is 0 Å². The van der Waals surface area contributed by atoms with Gasteiger partial charge in [0.15, 0.2) is 0 Å². The topological polar surface area (TPSA) is 43.4 Å². The fourth-order valence-corrected chi connectivity index (χ4v) is 2.82. The molecule has 0 amide bonds. The summed E-state index contributed by atoms with van der Waals surface area (Å²) in [4.78, 5) is 24.4. The number of rotatable bonds is 2. The van der Waals surface area contributed by atoms with Crippen molar-refractivity contribution in [1.82, 2.24) is 0 Å². The molecule has 3 nitrogen and oxygen atoms in total. The van der Waals surface area contributed by atoms with Crippen LogP contribution in [0.2, 0.25) is 0 Å². The van der Waals surface area contributed by atoms with E-state index in [0.29, 0.717) is 19.4 Å². The molecule has 0 aromatic heterocycles. The molecule has 1 aliphatic rings. The van der Waals surface area contributed by atoms with Crippen molar-refractivity contribution in [2.24, 2.45) is 11.3 Å². The zero-order chi connectivity index (χ0) is 16.0. The van der Waals surface area contributed by atoms with E-state index in [4.69, 9.17) is 4.74 Å². The first-order valence-electron chi connectivity index (χ1n) is 7.83. The predicted molar refractivity (Wildman–Crippen MR) is 86.4 cm³/mol. The van der Waals surface area contributed by atoms with Crippen molar-refractivity contribution >= 4 is 11.8 Å². The van der Waals surface area contributed by atoms with Crippen LogP contribution in [-0.4, -0.2) is 18.4 Å². The molecule has 1 atom stereocenters. The fraction of sp³-hybridized carbons (Fsp3) is 0.474. The predicted octanol–water partition coefficient (Wildman–Crippen LogP) is 3.72. The molecule has 118 valence electrons. The monoisotopic (exact) mass is 300 g/mol. The van der Waals surface area contributed by atoms with Crippen LogP contribution in [0.3, 0.4) is 0 Å². The summed E-state index contributed by atoms with van der Waals surface area (Å²) >= 11 is 0. The van der Waals surface area contributed by atoms with Crippen molar-refractivity contribution in [3.63, 3.8) is 0 Å². The Balaban J connectivity index is 2.14. The maximum Gasteiger partial charge on any atom is 0.306 e. The second-order valence-electron chi connectivity index (χ2n) is 6.76. The van der Waals surface area contributed by atoms with Crippen LogP contribution >= 0.6 is 0 Å². The Morgan fingerprint density at radius 1 is 1.09 bits per heavy atom. The van der Waals surface area contributed by atoms with E-state index in [-0.39, 0.29) is 29.5 Å². The van der Waals surface area contributed by atoms with Gasteiger partial charge in [0, 0.05) is 12.3 Å². The van der Waals surface area contributed by atoms with Gasteiger partial charge in [-0.2, -0.15) is 0 Å². The SMILES string of the molecule is CC1(C)CC(=O)OC/C=C\C[C@@H](Cc2ccccc2)C(=O)C1. The van der Waals surface area contributed by atoms with Gasteiger partial charge >= 0.3 is 5.97 Å². The summed E-state index contributed by atoms with van der Waals surface area (Å²) in [5, 5.41) is 0. The molecule has 1 aromatic rings. The van der Waals surface area contributed by atoms with Gasteiger partial charge < -0.3 is 4.74 Å². The highest BCUT2D eigenvalue weighted by Gasteiger charge is 2.29. The molecule has 0 fully saturated rings. The van der Waals surface area contributed by atoms with E-state index in [0.717, 1.165) is 6.42 Å². The largest absolute Gasteiger partial charge is 0.461 e. The Kier molecular flexibility index (Phi) is 5.53. The number of hydrogen-bond donors (Lipinski definition) is 0. The molecule has 1 aromatic carbocycles. The van der Waals surface area contributed by atoms with Crippen molar-refractivity contribution in [3.8, 4) is 0 Å². The van der Waals surface area contributed by atoms with Crippen LogP contribution in [0.1, 0.15) is 38.7 Å². The second-order valence-corrected chi connectivity index (χ2v) is 6.76. The van der Waals surface area contributed by atoms with Crippen molar-refractivity contribution in [1.29, 1.82) is 0 Å². The van der Waals surface area contributed by atoms with E-state index < -0.39 is 0 Å². The van der Waals surface area contributed by atoms with E-state index in [2.05, 4.69) is 12.1 Å². The number of cyclic esters (lactones) is 1. The molecule has 0 saturated heterocycles. The Morgan fingerprint density at radius 2 is 1.82 bits per heavy atom. The summed E-state index contributed by atoms with van der Waals surface area (Å²) < 4.78 is 5.16. The van der Waals surface area contributed by atoms with Gasteiger partial charge in [-0.1, -0.05) is 56.3 Å². The van der Waals surface area contributed by atoms with Crippen molar-refractivity contribution in [3.05, 3.63) is 48.0 Å². The van der Waals surface area contributed by atoms with Crippen LogP contribution < -0.4 is 0 Å². The lowest BCUT2D eigenvalue weighted by Gasteiger charge is -2.24. The molecule has 2 rings (SSSR count). The normalized spacial score (nSPS) is 24.2. The maximum atomic E-state index is 12.7. The van der Waals surface area contributed by atoms with Gasteiger partial charge in [0.1, 0.15) is 12.4 Å². The summed E-state index contributed by atoms with van der Waals surface area (Å²) in [6.45, 7) is 4.20. The number of ketones is 1. The Morgan fingerprint density at radius 3 is 2.55 bits per heavy atom. The number of hydrogen-bond acceptors (Lipinski definition) is 3. The van der Waals surface area contributed by atoms with Crippen LogP contribution in [0.25, 0.3) is 0 Å². The first kappa shape index (κ1) is 16.5. The molecule has 1 aliphatic heterocycles. The van der Waals surface area contributed by atoms with E-state index >= 15 is 0 Å². The van der Waals surface area contributed by atoms with Crippen LogP contribution in [-0.2, 0) is 20.7 Å². The molecule has 0 unspecified atom stereocenters. The molecule has 0 N–H and O–H groups in total. The van der Waals surface area contributed by atoms with Gasteiger partial charge in [0.05, 0.1) is 6.42 Å². The molecule has 1 heterocycles. The first-order chi connectivity index (χ1) is 10.5. The molecular formula is C19H24O3. The van der Waals surface area contributed by atoms with Crippen LogP contribution in [0, 0.1) is 11.3 Å². The molecule has 0 bridgehead atoms. The zero-order valence-corrected chi connectivity index (χ0v) is 13.4. The number of ether oxygens (including phenoxy) is 1. The van der Waals surface area contributed by atoms with Crippen molar-refractivity contribution in [2.75, 3.05) is 6.61 Å². The third kappa shape index (κ3) is 5.14. The lowest BCUT2D eigenvalue weighted by molar-refractivity contribution is -0.145. The minimum absolute atomic E-state index is 0.0360. The summed E-state index contributed by atoms with van der Waals surface area (Å²) in [7, 11) is 0. The standard InChI is InChI=1S/C19H24O3/c1-19(2)13-17(20)16(12-15-8-4-3-5-9-15)10-6-7-11-22-18(21)14-19/h3-9,16H,10-14H2,1-2H3/b7-6-/t16-/m0/s1. The maximum absolute atomic E-state index is 12.7. The first-order valence-corrected chi connectivity index (χ1v) is 7.83. The highest BCUT2D eigenvalue weighted by Crippen LogP contribution is 2.29. The summed E-state index contributed by atoms with van der Waals surface area (Å²) in [6.07, 6.45) is 5.92. The van der Waals surface area contributed by atoms with Gasteiger partial charge in [0.2, 0.25) is 0 Å². The van der Waals surface area contributed by atoms with Crippen LogP contribution in [0.15, 0.2) is 42.5 Å². The highest BCUT2D eigenvalue weighted by atomic mass is 16.5. The third-order valence-electron chi connectivity index (χ3n) is 3.98. The number of carbonyl (C=O) groups is 2. The third-order valence-corrected chi connectivity index (χ3v) is 3.98. The summed E-state index contributed by atoms with van der Waals surface area (Å²) in [5.74, 6) is -0.0386. The Bertz CT molecular complexity index is 543. The smallest absolute Gasteiger partial charge is 0.306 e. The van der Waals surface area contributed by atoms with Gasteiger partial charge in [-0.15, -0.1) is 0 Å². The Labute approximate surface area is 132 Å². The number of carbonyl (C=O) groups excluding carboxylic acids is 2.